The van der Waals surface area contributed by atoms with Gasteiger partial charge in [0.15, 0.2) is 0 Å². The zero-order chi connectivity index (χ0) is 12.1. The number of hydrogen-bond donors (Lipinski definition) is 0. The Morgan fingerprint density at radius 3 is 2.39 bits per heavy atom. The Hall–Kier alpha value is -1.22. The van der Waals surface area contributed by atoms with Crippen molar-refractivity contribution in [3.63, 3.8) is 0 Å². The molecular weight excluding hydrogens is 250 g/mol. The second-order valence-electron chi connectivity index (χ2n) is 4.54. The van der Waals surface area contributed by atoms with Gasteiger partial charge in [-0.15, -0.1) is 12.4 Å². The second-order valence-corrected chi connectivity index (χ2v) is 4.54. The number of anilines is 1. The van der Waals surface area contributed by atoms with Crippen molar-refractivity contribution in [1.82, 2.24) is 0 Å². The van der Waals surface area contributed by atoms with Gasteiger partial charge in [0, 0.05) is 12.7 Å². The molecule has 1 fully saturated rings. The predicted octanol–water partition coefficient (Wildman–Crippen LogP) is 4.01. The van der Waals surface area contributed by atoms with Crippen LogP contribution in [-0.4, -0.2) is 19.2 Å². The van der Waals surface area contributed by atoms with Gasteiger partial charge in [-0.3, -0.25) is 4.90 Å². The third-order valence-electron chi connectivity index (χ3n) is 3.24. The smallest absolute Gasteiger partial charge is 0.414 e. The largest absolute Gasteiger partial charge is 0.446 e. The molecule has 4 heteroatoms. The molecule has 1 aromatic rings. The average molecular weight is 270 g/mol. The Labute approximate surface area is 115 Å². The van der Waals surface area contributed by atoms with Gasteiger partial charge in [-0.25, -0.2) is 4.79 Å². The average Bonchev–Trinajstić information content (AvgIpc) is 2.40. The fourth-order valence-electron chi connectivity index (χ4n) is 2.16. The van der Waals surface area contributed by atoms with E-state index in [0.717, 1.165) is 18.5 Å². The molecule has 1 aliphatic carbocycles. The monoisotopic (exact) mass is 269 g/mol. The van der Waals surface area contributed by atoms with E-state index in [4.69, 9.17) is 4.74 Å². The lowest BCUT2D eigenvalue weighted by Crippen LogP contribution is -2.31. The van der Waals surface area contributed by atoms with Crippen molar-refractivity contribution in [2.45, 2.75) is 38.2 Å². The van der Waals surface area contributed by atoms with Crippen LogP contribution < -0.4 is 4.90 Å². The third-order valence-corrected chi connectivity index (χ3v) is 3.24. The molecule has 2 rings (SSSR count). The highest BCUT2D eigenvalue weighted by atomic mass is 35.5. The molecule has 0 aliphatic heterocycles. The van der Waals surface area contributed by atoms with E-state index in [1.807, 2.05) is 30.3 Å². The molecule has 0 N–H and O–H groups in total. The van der Waals surface area contributed by atoms with Crippen LogP contribution in [0.4, 0.5) is 10.5 Å². The van der Waals surface area contributed by atoms with E-state index in [9.17, 15) is 4.79 Å². The van der Waals surface area contributed by atoms with Gasteiger partial charge in [-0.1, -0.05) is 24.6 Å². The minimum Gasteiger partial charge on any atom is -0.446 e. The summed E-state index contributed by atoms with van der Waals surface area (Å²) in [5.74, 6) is 0. The first-order chi connectivity index (χ1) is 8.27. The lowest BCUT2D eigenvalue weighted by molar-refractivity contribution is 0.0818. The molecule has 0 bridgehead atoms. The lowest BCUT2D eigenvalue weighted by atomic mass is 9.98. The van der Waals surface area contributed by atoms with Crippen LogP contribution >= 0.6 is 12.4 Å². The van der Waals surface area contributed by atoms with Crippen molar-refractivity contribution in [3.8, 4) is 0 Å². The molecule has 0 aromatic heterocycles. The SMILES string of the molecule is CN(C(=O)OC1CCCCC1)c1ccccc1.Cl. The molecule has 1 aromatic carbocycles. The Morgan fingerprint density at radius 1 is 1.17 bits per heavy atom. The molecule has 3 nitrogen and oxygen atoms in total. The number of amides is 1. The van der Waals surface area contributed by atoms with Crippen LogP contribution in [-0.2, 0) is 4.74 Å². The number of rotatable bonds is 2. The minimum absolute atomic E-state index is 0. The standard InChI is InChI=1S/C14H19NO2.ClH/c1-15(12-8-4-2-5-9-12)14(16)17-13-10-6-3-7-11-13;/h2,4-5,8-9,13H,3,6-7,10-11H2,1H3;1H. The summed E-state index contributed by atoms with van der Waals surface area (Å²) in [5, 5.41) is 0. The number of ether oxygens (including phenoxy) is 1. The summed E-state index contributed by atoms with van der Waals surface area (Å²) >= 11 is 0. The zero-order valence-electron chi connectivity index (χ0n) is 10.7. The van der Waals surface area contributed by atoms with Crippen LogP contribution in [0.25, 0.3) is 0 Å². The van der Waals surface area contributed by atoms with Crippen molar-refractivity contribution in [3.05, 3.63) is 30.3 Å². The maximum atomic E-state index is 11.9. The predicted molar refractivity (Wildman–Crippen MR) is 75.4 cm³/mol. The first kappa shape index (κ1) is 14.8. The molecule has 0 unspecified atom stereocenters. The number of halogens is 1. The van der Waals surface area contributed by atoms with Crippen LogP contribution in [0, 0.1) is 0 Å². The van der Waals surface area contributed by atoms with E-state index in [2.05, 4.69) is 0 Å². The molecular formula is C14H20ClNO2. The van der Waals surface area contributed by atoms with Gasteiger partial charge >= 0.3 is 6.09 Å². The van der Waals surface area contributed by atoms with Gasteiger partial charge in [0.2, 0.25) is 0 Å². The van der Waals surface area contributed by atoms with Crippen LogP contribution in [0.3, 0.4) is 0 Å². The van der Waals surface area contributed by atoms with Crippen molar-refractivity contribution < 1.29 is 9.53 Å². The summed E-state index contributed by atoms with van der Waals surface area (Å²) in [6.45, 7) is 0. The number of nitrogens with zero attached hydrogens (tertiary/aromatic N) is 1. The summed E-state index contributed by atoms with van der Waals surface area (Å²) in [6, 6.07) is 9.58. The van der Waals surface area contributed by atoms with E-state index < -0.39 is 0 Å². The molecule has 0 spiro atoms. The third kappa shape index (κ3) is 3.91. The summed E-state index contributed by atoms with van der Waals surface area (Å²) in [5.41, 5.74) is 0.869. The molecule has 0 heterocycles. The van der Waals surface area contributed by atoms with E-state index in [0.29, 0.717) is 0 Å². The first-order valence-corrected chi connectivity index (χ1v) is 6.27. The van der Waals surface area contributed by atoms with Crippen molar-refractivity contribution >= 4 is 24.2 Å². The number of benzene rings is 1. The number of carbonyl (C=O) groups excluding carboxylic acids is 1. The maximum Gasteiger partial charge on any atom is 0.414 e. The molecule has 0 saturated heterocycles. The van der Waals surface area contributed by atoms with Gasteiger partial charge < -0.3 is 4.74 Å². The van der Waals surface area contributed by atoms with Gasteiger partial charge in [-0.05, 0) is 37.8 Å². The van der Waals surface area contributed by atoms with Crippen LogP contribution in [0.15, 0.2) is 30.3 Å². The topological polar surface area (TPSA) is 29.5 Å². The fraction of sp³-hybridized carbons (Fsp3) is 0.500. The molecule has 1 aliphatic rings. The summed E-state index contributed by atoms with van der Waals surface area (Å²) in [7, 11) is 1.75. The highest BCUT2D eigenvalue weighted by Crippen LogP contribution is 2.22. The first-order valence-electron chi connectivity index (χ1n) is 6.27. The Morgan fingerprint density at radius 2 is 1.78 bits per heavy atom. The minimum atomic E-state index is -0.247. The zero-order valence-corrected chi connectivity index (χ0v) is 11.5. The van der Waals surface area contributed by atoms with Gasteiger partial charge in [0.05, 0.1) is 0 Å². The molecule has 18 heavy (non-hydrogen) atoms. The van der Waals surface area contributed by atoms with Crippen LogP contribution in [0.5, 0.6) is 0 Å². The van der Waals surface area contributed by atoms with Crippen molar-refractivity contribution in [1.29, 1.82) is 0 Å². The van der Waals surface area contributed by atoms with E-state index in [-0.39, 0.29) is 24.6 Å². The highest BCUT2D eigenvalue weighted by Gasteiger charge is 2.20. The number of carbonyl (C=O) groups is 1. The maximum absolute atomic E-state index is 11.9. The Balaban J connectivity index is 0.00000162. The quantitative estimate of drug-likeness (QED) is 0.812. The van der Waals surface area contributed by atoms with Gasteiger partial charge in [0.1, 0.15) is 6.10 Å². The van der Waals surface area contributed by atoms with Gasteiger partial charge in [0.25, 0.3) is 0 Å². The number of para-hydroxylation sites is 1. The summed E-state index contributed by atoms with van der Waals surface area (Å²) in [4.78, 5) is 13.5. The van der Waals surface area contributed by atoms with Crippen LogP contribution in [0.2, 0.25) is 0 Å². The number of hydrogen-bond acceptors (Lipinski definition) is 2. The molecule has 1 amide bonds. The Kier molecular flexibility index (Phi) is 5.99. The molecule has 0 radical (unpaired) electrons. The fourth-order valence-corrected chi connectivity index (χ4v) is 2.16. The van der Waals surface area contributed by atoms with Gasteiger partial charge in [-0.2, -0.15) is 0 Å². The van der Waals surface area contributed by atoms with E-state index in [1.165, 1.54) is 19.3 Å². The summed E-state index contributed by atoms with van der Waals surface area (Å²) in [6.07, 6.45) is 5.50. The Bertz CT molecular complexity index is 363. The molecule has 1 saturated carbocycles. The van der Waals surface area contributed by atoms with Crippen molar-refractivity contribution in [2.24, 2.45) is 0 Å². The van der Waals surface area contributed by atoms with Crippen molar-refractivity contribution in [2.75, 3.05) is 11.9 Å². The summed E-state index contributed by atoms with van der Waals surface area (Å²) < 4.78 is 5.49. The second kappa shape index (κ2) is 7.27. The van der Waals surface area contributed by atoms with E-state index >= 15 is 0 Å². The normalized spacial score (nSPS) is 15.6. The molecule has 0 atom stereocenters. The highest BCUT2D eigenvalue weighted by molar-refractivity contribution is 5.87. The lowest BCUT2D eigenvalue weighted by Gasteiger charge is -2.25. The molecule has 100 valence electrons. The van der Waals surface area contributed by atoms with Crippen LogP contribution in [0.1, 0.15) is 32.1 Å². The van der Waals surface area contributed by atoms with E-state index in [1.54, 1.807) is 11.9 Å².